The lowest BCUT2D eigenvalue weighted by atomic mass is 10.0. The monoisotopic (exact) mass is 166 g/mol. The number of hydrogen-bond donors (Lipinski definition) is 1. The van der Waals surface area contributed by atoms with E-state index in [0.717, 1.165) is 5.57 Å². The van der Waals surface area contributed by atoms with E-state index in [0.29, 0.717) is 0 Å². The highest BCUT2D eigenvalue weighted by Gasteiger charge is 2.19. The van der Waals surface area contributed by atoms with Crippen LogP contribution in [-0.2, 0) is 0 Å². The average molecular weight is 166 g/mol. The maximum absolute atomic E-state index is 10.8. The Morgan fingerprint density at radius 1 is 1.50 bits per heavy atom. The zero-order chi connectivity index (χ0) is 9.19. The van der Waals surface area contributed by atoms with Gasteiger partial charge in [-0.25, -0.2) is 0 Å². The van der Waals surface area contributed by atoms with Crippen molar-refractivity contribution in [2.24, 2.45) is 0 Å². The molecule has 1 rings (SSSR count). The van der Waals surface area contributed by atoms with Crippen LogP contribution in [0.25, 0.3) is 0 Å². The quantitative estimate of drug-likeness (QED) is 0.606. The van der Waals surface area contributed by atoms with Crippen molar-refractivity contribution in [3.05, 3.63) is 41.2 Å². The Labute approximate surface area is 71.8 Å². The first kappa shape index (κ1) is 9.19. The van der Waals surface area contributed by atoms with E-state index in [1.54, 1.807) is 25.2 Å². The van der Waals surface area contributed by atoms with E-state index in [2.05, 4.69) is 0 Å². The Bertz CT molecular complexity index is 253. The lowest BCUT2D eigenvalue weighted by molar-refractivity contribution is -0.0869. The molecular weight excluding hydrogens is 154 g/mol. The average Bonchev–Trinajstić information content (AvgIpc) is 2.12. The van der Waals surface area contributed by atoms with Crippen molar-refractivity contribution in [1.29, 1.82) is 0 Å². The Hall–Kier alpha value is -0.900. The van der Waals surface area contributed by atoms with E-state index in [4.69, 9.17) is 5.21 Å². The van der Waals surface area contributed by atoms with Crippen molar-refractivity contribution in [2.75, 3.05) is 0 Å². The van der Waals surface area contributed by atoms with E-state index in [1.807, 2.05) is 19.1 Å². The van der Waals surface area contributed by atoms with Gasteiger partial charge in [-0.05, 0) is 13.8 Å². The summed E-state index contributed by atoms with van der Waals surface area (Å²) in [5, 5.41) is 19.6. The third-order valence-electron chi connectivity index (χ3n) is 1.84. The first-order valence-electron chi connectivity index (χ1n) is 3.76. The van der Waals surface area contributed by atoms with Gasteiger partial charge in [-0.15, -0.1) is 0 Å². The summed E-state index contributed by atoms with van der Waals surface area (Å²) in [6.07, 6.45) is 8.81. The molecule has 3 heteroatoms. The van der Waals surface area contributed by atoms with Gasteiger partial charge in [-0.1, -0.05) is 36.0 Å². The second-order valence-corrected chi connectivity index (χ2v) is 3.11. The fraction of sp³-hybridized carbons (Fsp3) is 0.333. The molecule has 66 valence electrons. The molecule has 0 aromatic heterocycles. The number of allylic oxidation sites excluding steroid dienone is 4. The molecule has 0 amide bonds. The molecule has 0 aliphatic heterocycles. The van der Waals surface area contributed by atoms with Crippen molar-refractivity contribution in [3.8, 4) is 0 Å². The minimum absolute atomic E-state index is 0.0417. The molecule has 1 aliphatic carbocycles. The van der Waals surface area contributed by atoms with Crippen LogP contribution in [0.3, 0.4) is 0 Å². The molecule has 0 saturated carbocycles. The predicted molar refractivity (Wildman–Crippen MR) is 47.4 cm³/mol. The molecule has 0 heterocycles. The smallest absolute Gasteiger partial charge is 0.0667 e. The topological polar surface area (TPSA) is 46.5 Å². The van der Waals surface area contributed by atoms with E-state index in [9.17, 15) is 5.21 Å². The SMILES string of the molecule is CC1=CC(C)(N([O-])O)C=CC=C1. The molecular formula is C9H12NO2-. The molecule has 0 aromatic carbocycles. The molecule has 1 aliphatic rings. The first-order valence-corrected chi connectivity index (χ1v) is 3.76. The van der Waals surface area contributed by atoms with Crippen LogP contribution in [-0.4, -0.2) is 16.0 Å². The summed E-state index contributed by atoms with van der Waals surface area (Å²) >= 11 is 0. The number of rotatable bonds is 1. The highest BCUT2D eigenvalue weighted by molar-refractivity contribution is 5.32. The third kappa shape index (κ3) is 1.82. The Balaban J connectivity index is 2.99. The lowest BCUT2D eigenvalue weighted by Crippen LogP contribution is -2.36. The fourth-order valence-electron chi connectivity index (χ4n) is 1.13. The first-order chi connectivity index (χ1) is 5.54. The Morgan fingerprint density at radius 2 is 2.17 bits per heavy atom. The van der Waals surface area contributed by atoms with Crippen molar-refractivity contribution in [3.63, 3.8) is 0 Å². The van der Waals surface area contributed by atoms with Gasteiger partial charge < -0.3 is 10.4 Å². The molecule has 1 N–H and O–H groups in total. The summed E-state index contributed by atoms with van der Waals surface area (Å²) in [6.45, 7) is 3.53. The van der Waals surface area contributed by atoms with Crippen LogP contribution in [0.2, 0.25) is 0 Å². The summed E-state index contributed by atoms with van der Waals surface area (Å²) in [5.41, 5.74) is 0.0190. The van der Waals surface area contributed by atoms with Crippen molar-refractivity contribution in [2.45, 2.75) is 19.4 Å². The van der Waals surface area contributed by atoms with Gasteiger partial charge in [0.1, 0.15) is 0 Å². The van der Waals surface area contributed by atoms with Crippen LogP contribution < -0.4 is 0 Å². The largest absolute Gasteiger partial charge is 0.761 e. The van der Waals surface area contributed by atoms with Crippen LogP contribution in [0.15, 0.2) is 36.0 Å². The summed E-state index contributed by atoms with van der Waals surface area (Å²) in [7, 11) is 0. The minimum atomic E-state index is -0.937. The molecule has 0 bridgehead atoms. The number of hydroxylamine groups is 2. The summed E-state index contributed by atoms with van der Waals surface area (Å²) in [5.74, 6) is 0. The van der Waals surface area contributed by atoms with Gasteiger partial charge in [0.15, 0.2) is 0 Å². The molecule has 1 unspecified atom stereocenters. The van der Waals surface area contributed by atoms with Crippen molar-refractivity contribution >= 4 is 0 Å². The summed E-state index contributed by atoms with van der Waals surface area (Å²) in [4.78, 5) is 0. The summed E-state index contributed by atoms with van der Waals surface area (Å²) < 4.78 is 0. The molecule has 12 heavy (non-hydrogen) atoms. The van der Waals surface area contributed by atoms with Gasteiger partial charge in [-0.2, -0.15) is 0 Å². The van der Waals surface area contributed by atoms with Gasteiger partial charge in [0.2, 0.25) is 0 Å². The lowest BCUT2D eigenvalue weighted by Gasteiger charge is -2.36. The molecule has 0 spiro atoms. The van der Waals surface area contributed by atoms with Gasteiger partial charge in [-0.3, -0.25) is 5.23 Å². The number of hydrogen-bond acceptors (Lipinski definition) is 3. The number of nitrogens with zero attached hydrogens (tertiary/aromatic N) is 1. The van der Waals surface area contributed by atoms with E-state index >= 15 is 0 Å². The zero-order valence-electron chi connectivity index (χ0n) is 7.19. The second kappa shape index (κ2) is 3.23. The third-order valence-corrected chi connectivity index (χ3v) is 1.84. The molecule has 1 atom stereocenters. The molecule has 0 saturated heterocycles. The molecule has 0 aromatic rings. The molecule has 0 fully saturated rings. The second-order valence-electron chi connectivity index (χ2n) is 3.11. The van der Waals surface area contributed by atoms with E-state index in [-0.39, 0.29) is 5.23 Å². The maximum Gasteiger partial charge on any atom is 0.0667 e. The van der Waals surface area contributed by atoms with Crippen LogP contribution in [0.4, 0.5) is 0 Å². The van der Waals surface area contributed by atoms with Crippen molar-refractivity contribution < 1.29 is 5.21 Å². The highest BCUT2D eigenvalue weighted by Crippen LogP contribution is 2.20. The normalized spacial score (nSPS) is 28.9. The Kier molecular flexibility index (Phi) is 2.47. The zero-order valence-corrected chi connectivity index (χ0v) is 7.19. The van der Waals surface area contributed by atoms with E-state index in [1.165, 1.54) is 0 Å². The summed E-state index contributed by atoms with van der Waals surface area (Å²) in [6, 6.07) is 0. The van der Waals surface area contributed by atoms with Crippen LogP contribution in [0, 0.1) is 5.21 Å². The van der Waals surface area contributed by atoms with Crippen LogP contribution in [0.5, 0.6) is 0 Å². The highest BCUT2D eigenvalue weighted by atomic mass is 16.8. The van der Waals surface area contributed by atoms with Gasteiger partial charge in [0, 0.05) is 0 Å². The Morgan fingerprint density at radius 3 is 2.75 bits per heavy atom. The van der Waals surface area contributed by atoms with Gasteiger partial charge in [0.25, 0.3) is 0 Å². The minimum Gasteiger partial charge on any atom is -0.761 e. The molecule has 0 radical (unpaired) electrons. The predicted octanol–water partition coefficient (Wildman–Crippen LogP) is 2.01. The van der Waals surface area contributed by atoms with Gasteiger partial charge in [0.05, 0.1) is 5.54 Å². The van der Waals surface area contributed by atoms with Gasteiger partial charge >= 0.3 is 0 Å². The molecule has 3 nitrogen and oxygen atoms in total. The van der Waals surface area contributed by atoms with Crippen LogP contribution in [0.1, 0.15) is 13.8 Å². The standard InChI is InChI=1S/C9H12NO2/c1-8-5-3-4-6-9(2,7-8)10(11)12/h3-7,11H,1-2H3/q-1. The van der Waals surface area contributed by atoms with Crippen molar-refractivity contribution in [1.82, 2.24) is 5.23 Å². The maximum atomic E-state index is 10.8. The van der Waals surface area contributed by atoms with Crippen LogP contribution >= 0.6 is 0 Å². The van der Waals surface area contributed by atoms with E-state index < -0.39 is 5.54 Å². The fourth-order valence-corrected chi connectivity index (χ4v) is 1.13.